The van der Waals surface area contributed by atoms with Gasteiger partial charge in [0.25, 0.3) is 5.88 Å². The first-order chi connectivity index (χ1) is 15.6. The highest BCUT2D eigenvalue weighted by Gasteiger charge is 2.33. The number of pyridine rings is 1. The van der Waals surface area contributed by atoms with Crippen LogP contribution in [0.25, 0.3) is 16.8 Å². The SMILES string of the molecule is COc1cc(C)cc(C)c1-c1cccc2c(N(CC3CC3)C3CCOCC3)c(OC)nn12. The van der Waals surface area contributed by atoms with Gasteiger partial charge in [-0.3, -0.25) is 0 Å². The minimum Gasteiger partial charge on any atom is -0.496 e. The zero-order valence-corrected chi connectivity index (χ0v) is 19.6. The Morgan fingerprint density at radius 2 is 1.84 bits per heavy atom. The summed E-state index contributed by atoms with van der Waals surface area (Å²) in [5, 5.41) is 4.96. The number of aryl methyl sites for hydroxylation is 2. The molecular weight excluding hydrogens is 402 g/mol. The topological polar surface area (TPSA) is 48.2 Å². The second-order valence-electron chi connectivity index (χ2n) is 9.16. The highest BCUT2D eigenvalue weighted by molar-refractivity contribution is 5.83. The Kier molecular flexibility index (Phi) is 5.72. The van der Waals surface area contributed by atoms with Gasteiger partial charge in [-0.05, 0) is 74.8 Å². The summed E-state index contributed by atoms with van der Waals surface area (Å²) in [5.74, 6) is 2.32. The lowest BCUT2D eigenvalue weighted by molar-refractivity contribution is 0.0841. The van der Waals surface area contributed by atoms with E-state index in [4.69, 9.17) is 19.3 Å². The lowest BCUT2D eigenvalue weighted by Crippen LogP contribution is -2.41. The van der Waals surface area contributed by atoms with E-state index in [2.05, 4.69) is 49.1 Å². The van der Waals surface area contributed by atoms with E-state index < -0.39 is 0 Å². The maximum absolute atomic E-state index is 5.86. The monoisotopic (exact) mass is 435 g/mol. The fourth-order valence-corrected chi connectivity index (χ4v) is 5.05. The Bertz CT molecular complexity index is 1110. The minimum atomic E-state index is 0.450. The Balaban J connectivity index is 1.69. The van der Waals surface area contributed by atoms with Gasteiger partial charge in [-0.15, -0.1) is 5.10 Å². The molecule has 6 heteroatoms. The van der Waals surface area contributed by atoms with Crippen LogP contribution in [0.1, 0.15) is 36.8 Å². The van der Waals surface area contributed by atoms with Crippen LogP contribution in [0.3, 0.4) is 0 Å². The third kappa shape index (κ3) is 3.81. The maximum Gasteiger partial charge on any atom is 0.257 e. The molecule has 6 nitrogen and oxygen atoms in total. The maximum atomic E-state index is 5.86. The second kappa shape index (κ2) is 8.66. The summed E-state index contributed by atoms with van der Waals surface area (Å²) in [6.45, 7) is 6.92. The van der Waals surface area contributed by atoms with E-state index in [1.165, 1.54) is 24.0 Å². The van der Waals surface area contributed by atoms with Crippen molar-refractivity contribution in [2.45, 2.75) is 45.6 Å². The number of nitrogens with zero attached hydrogens (tertiary/aromatic N) is 3. The summed E-state index contributed by atoms with van der Waals surface area (Å²) in [5.41, 5.74) is 6.62. The van der Waals surface area contributed by atoms with Crippen molar-refractivity contribution in [3.8, 4) is 22.9 Å². The van der Waals surface area contributed by atoms with Crippen LogP contribution < -0.4 is 14.4 Å². The molecule has 1 aliphatic heterocycles. The smallest absolute Gasteiger partial charge is 0.257 e. The summed E-state index contributed by atoms with van der Waals surface area (Å²) >= 11 is 0. The van der Waals surface area contributed by atoms with Crippen molar-refractivity contribution in [1.29, 1.82) is 0 Å². The predicted molar refractivity (Wildman–Crippen MR) is 127 cm³/mol. The summed E-state index contributed by atoms with van der Waals surface area (Å²) < 4.78 is 19.3. The average molecular weight is 436 g/mol. The molecule has 0 bridgehead atoms. The molecule has 2 aliphatic rings. The van der Waals surface area contributed by atoms with E-state index >= 15 is 0 Å². The van der Waals surface area contributed by atoms with E-state index in [1.54, 1.807) is 14.2 Å². The number of methoxy groups -OCH3 is 2. The number of fused-ring (bicyclic) bond motifs is 1. The van der Waals surface area contributed by atoms with Crippen LogP contribution in [0.5, 0.6) is 11.6 Å². The molecule has 1 aliphatic carbocycles. The third-order valence-corrected chi connectivity index (χ3v) is 6.78. The molecule has 2 aromatic heterocycles. The van der Waals surface area contributed by atoms with Gasteiger partial charge in [0.15, 0.2) is 0 Å². The predicted octanol–water partition coefficient (Wildman–Crippen LogP) is 5.03. The number of rotatable bonds is 7. The standard InChI is InChI=1S/C26H33N3O3/c1-17-14-18(2)24(23(15-17)30-3)21-6-5-7-22-25(26(31-4)27-29(21)22)28(16-19-8-9-19)20-10-12-32-13-11-20/h5-7,14-15,19-20H,8-13,16H2,1-4H3. The van der Waals surface area contributed by atoms with Crippen LogP contribution in [0.15, 0.2) is 30.3 Å². The number of ether oxygens (including phenoxy) is 3. The van der Waals surface area contributed by atoms with Gasteiger partial charge in [-0.2, -0.15) is 0 Å². The average Bonchev–Trinajstić information content (AvgIpc) is 3.55. The lowest BCUT2D eigenvalue weighted by atomic mass is 10.0. The highest BCUT2D eigenvalue weighted by Crippen LogP contribution is 2.42. The summed E-state index contributed by atoms with van der Waals surface area (Å²) in [6, 6.07) is 11.1. The number of hydrogen-bond acceptors (Lipinski definition) is 5. The molecule has 1 saturated heterocycles. The molecule has 3 aromatic rings. The van der Waals surface area contributed by atoms with Crippen molar-refractivity contribution < 1.29 is 14.2 Å². The summed E-state index contributed by atoms with van der Waals surface area (Å²) in [7, 11) is 3.46. The van der Waals surface area contributed by atoms with Crippen LogP contribution in [0.2, 0.25) is 0 Å². The fourth-order valence-electron chi connectivity index (χ4n) is 5.05. The molecule has 32 heavy (non-hydrogen) atoms. The van der Waals surface area contributed by atoms with Crippen molar-refractivity contribution in [3.05, 3.63) is 41.5 Å². The number of hydrogen-bond donors (Lipinski definition) is 0. The molecule has 3 heterocycles. The van der Waals surface area contributed by atoms with E-state index in [9.17, 15) is 0 Å². The van der Waals surface area contributed by atoms with Crippen molar-refractivity contribution >= 4 is 11.2 Å². The molecule has 0 spiro atoms. The quantitative estimate of drug-likeness (QED) is 0.521. The molecule has 0 amide bonds. The van der Waals surface area contributed by atoms with Gasteiger partial charge in [-0.1, -0.05) is 12.1 Å². The van der Waals surface area contributed by atoms with E-state index in [-0.39, 0.29) is 0 Å². The molecule has 2 fully saturated rings. The molecule has 5 rings (SSSR count). The molecule has 1 saturated carbocycles. The molecule has 0 radical (unpaired) electrons. The molecule has 170 valence electrons. The normalized spacial score (nSPS) is 17.0. The van der Waals surface area contributed by atoms with Crippen LogP contribution in [0, 0.1) is 19.8 Å². The van der Waals surface area contributed by atoms with Gasteiger partial charge in [0.1, 0.15) is 11.4 Å². The van der Waals surface area contributed by atoms with Crippen molar-refractivity contribution in [3.63, 3.8) is 0 Å². The van der Waals surface area contributed by atoms with Crippen LogP contribution in [-0.4, -0.2) is 49.6 Å². The zero-order chi connectivity index (χ0) is 22.2. The van der Waals surface area contributed by atoms with Crippen molar-refractivity contribution in [2.75, 3.05) is 38.9 Å². The van der Waals surface area contributed by atoms with E-state index in [0.717, 1.165) is 66.7 Å². The Morgan fingerprint density at radius 3 is 2.53 bits per heavy atom. The third-order valence-electron chi connectivity index (χ3n) is 6.78. The van der Waals surface area contributed by atoms with Crippen LogP contribution in [-0.2, 0) is 4.74 Å². The first-order valence-corrected chi connectivity index (χ1v) is 11.7. The van der Waals surface area contributed by atoms with Gasteiger partial charge < -0.3 is 19.1 Å². The van der Waals surface area contributed by atoms with E-state index in [0.29, 0.717) is 11.9 Å². The molecule has 0 atom stereocenters. The van der Waals surface area contributed by atoms with Gasteiger partial charge in [0, 0.05) is 31.4 Å². The largest absolute Gasteiger partial charge is 0.496 e. The molecule has 0 unspecified atom stereocenters. The molecule has 1 aromatic carbocycles. The fraction of sp³-hybridized carbons (Fsp3) is 0.500. The Labute approximate surface area is 190 Å². The Morgan fingerprint density at radius 1 is 1.06 bits per heavy atom. The molecule has 0 N–H and O–H groups in total. The summed E-state index contributed by atoms with van der Waals surface area (Å²) in [6.07, 6.45) is 4.70. The number of benzene rings is 1. The summed E-state index contributed by atoms with van der Waals surface area (Å²) in [4.78, 5) is 2.56. The highest BCUT2D eigenvalue weighted by atomic mass is 16.5. The first kappa shape index (κ1) is 21.1. The number of aromatic nitrogens is 2. The van der Waals surface area contributed by atoms with E-state index in [1.807, 2.05) is 4.52 Å². The lowest BCUT2D eigenvalue weighted by Gasteiger charge is -2.36. The van der Waals surface area contributed by atoms with Gasteiger partial charge in [0.2, 0.25) is 0 Å². The minimum absolute atomic E-state index is 0.450. The van der Waals surface area contributed by atoms with Crippen molar-refractivity contribution in [2.24, 2.45) is 5.92 Å². The number of anilines is 1. The van der Waals surface area contributed by atoms with Crippen molar-refractivity contribution in [1.82, 2.24) is 9.61 Å². The van der Waals surface area contributed by atoms with Gasteiger partial charge in [-0.25, -0.2) is 4.52 Å². The second-order valence-corrected chi connectivity index (χ2v) is 9.16. The van der Waals surface area contributed by atoms with Crippen LogP contribution in [0.4, 0.5) is 5.69 Å². The van der Waals surface area contributed by atoms with Gasteiger partial charge in [0.05, 0.1) is 25.4 Å². The van der Waals surface area contributed by atoms with Gasteiger partial charge >= 0.3 is 0 Å². The Hall–Kier alpha value is -2.73. The molecular formula is C26H33N3O3. The van der Waals surface area contributed by atoms with Crippen LogP contribution >= 0.6 is 0 Å². The first-order valence-electron chi connectivity index (χ1n) is 11.7. The zero-order valence-electron chi connectivity index (χ0n) is 19.6.